The third-order valence-corrected chi connectivity index (χ3v) is 5.69. The second kappa shape index (κ2) is 9.63. The van der Waals surface area contributed by atoms with Gasteiger partial charge >= 0.3 is 0 Å². The molecule has 0 unspecified atom stereocenters. The lowest BCUT2D eigenvalue weighted by Crippen LogP contribution is -2.26. The molecule has 6 heteroatoms. The zero-order valence-electron chi connectivity index (χ0n) is 14.4. The highest BCUT2D eigenvalue weighted by molar-refractivity contribution is 8.00. The Kier molecular flexibility index (Phi) is 7.52. The molecule has 0 aliphatic carbocycles. The van der Waals surface area contributed by atoms with Gasteiger partial charge in [0.05, 0.1) is 5.75 Å². The highest BCUT2D eigenvalue weighted by Crippen LogP contribution is 2.25. The molecule has 25 heavy (non-hydrogen) atoms. The molecule has 0 atom stereocenters. The van der Waals surface area contributed by atoms with Crippen molar-refractivity contribution in [3.8, 4) is 11.5 Å². The van der Waals surface area contributed by atoms with E-state index >= 15 is 0 Å². The van der Waals surface area contributed by atoms with Crippen LogP contribution in [0.3, 0.4) is 0 Å². The standard InChI is InChI=1S/C19H23NO3S2/c1-13-10-15(4-6-17(13)21)24-9-3-8-20-19(23)12-25-16-5-7-18(22)14(2)11-16/h4-7,10-11,21-22H,3,8-9,12H2,1-2H3,(H,20,23). The van der Waals surface area contributed by atoms with Gasteiger partial charge < -0.3 is 15.5 Å². The first-order valence-corrected chi connectivity index (χ1v) is 10.0. The minimum Gasteiger partial charge on any atom is -0.508 e. The summed E-state index contributed by atoms with van der Waals surface area (Å²) in [4.78, 5) is 14.0. The van der Waals surface area contributed by atoms with Crippen molar-refractivity contribution in [1.29, 1.82) is 0 Å². The van der Waals surface area contributed by atoms with Gasteiger partial charge in [0, 0.05) is 16.3 Å². The van der Waals surface area contributed by atoms with Crippen molar-refractivity contribution in [2.45, 2.75) is 30.1 Å². The molecule has 0 bridgehead atoms. The average Bonchev–Trinajstić information content (AvgIpc) is 2.58. The molecular weight excluding hydrogens is 354 g/mol. The summed E-state index contributed by atoms with van der Waals surface area (Å²) in [5.74, 6) is 1.89. The quantitative estimate of drug-likeness (QED) is 0.477. The molecule has 0 aliphatic heterocycles. The van der Waals surface area contributed by atoms with Crippen LogP contribution in [0.1, 0.15) is 17.5 Å². The van der Waals surface area contributed by atoms with E-state index in [1.54, 1.807) is 23.9 Å². The Balaban J connectivity index is 1.61. The lowest BCUT2D eigenvalue weighted by molar-refractivity contribution is -0.118. The Labute approximate surface area is 157 Å². The van der Waals surface area contributed by atoms with Gasteiger partial charge in [-0.25, -0.2) is 0 Å². The summed E-state index contributed by atoms with van der Waals surface area (Å²) in [5, 5.41) is 21.9. The fraction of sp³-hybridized carbons (Fsp3) is 0.316. The molecule has 1 amide bonds. The fourth-order valence-electron chi connectivity index (χ4n) is 2.13. The van der Waals surface area contributed by atoms with E-state index in [-0.39, 0.29) is 11.7 Å². The maximum Gasteiger partial charge on any atom is 0.230 e. The number of thioether (sulfide) groups is 2. The number of hydrogen-bond acceptors (Lipinski definition) is 5. The molecule has 0 aromatic heterocycles. The number of nitrogens with one attached hydrogen (secondary N) is 1. The summed E-state index contributed by atoms with van der Waals surface area (Å²) in [6, 6.07) is 10.9. The number of benzene rings is 2. The zero-order chi connectivity index (χ0) is 18.2. The Hall–Kier alpha value is -1.79. The predicted octanol–water partition coefficient (Wildman–Crippen LogP) is 4.11. The summed E-state index contributed by atoms with van der Waals surface area (Å²) in [7, 11) is 0. The molecule has 0 heterocycles. The van der Waals surface area contributed by atoms with Crippen LogP contribution in [0.15, 0.2) is 46.2 Å². The van der Waals surface area contributed by atoms with Crippen LogP contribution in [0, 0.1) is 13.8 Å². The van der Waals surface area contributed by atoms with Crippen LogP contribution in [0.2, 0.25) is 0 Å². The first-order chi connectivity index (χ1) is 12.0. The van der Waals surface area contributed by atoms with E-state index in [1.807, 2.05) is 38.1 Å². The van der Waals surface area contributed by atoms with E-state index < -0.39 is 0 Å². The molecule has 134 valence electrons. The van der Waals surface area contributed by atoms with Gasteiger partial charge in [0.15, 0.2) is 0 Å². The predicted molar refractivity (Wildman–Crippen MR) is 105 cm³/mol. The number of phenols is 2. The van der Waals surface area contributed by atoms with Gasteiger partial charge in [-0.2, -0.15) is 0 Å². The smallest absolute Gasteiger partial charge is 0.230 e. The first-order valence-electron chi connectivity index (χ1n) is 8.07. The summed E-state index contributed by atoms with van der Waals surface area (Å²) < 4.78 is 0. The van der Waals surface area contributed by atoms with E-state index in [0.29, 0.717) is 18.0 Å². The number of carbonyl (C=O) groups excluding carboxylic acids is 1. The van der Waals surface area contributed by atoms with E-state index in [1.165, 1.54) is 11.8 Å². The minimum atomic E-state index is 0.0150. The van der Waals surface area contributed by atoms with E-state index in [2.05, 4.69) is 5.32 Å². The second-order valence-electron chi connectivity index (χ2n) is 5.74. The lowest BCUT2D eigenvalue weighted by atomic mass is 10.2. The normalized spacial score (nSPS) is 10.6. The molecule has 0 aliphatic rings. The molecule has 0 saturated heterocycles. The third-order valence-electron chi connectivity index (χ3n) is 3.62. The Bertz CT molecular complexity index is 735. The van der Waals surface area contributed by atoms with Gasteiger partial charge in [0.2, 0.25) is 5.91 Å². The van der Waals surface area contributed by atoms with Gasteiger partial charge in [-0.05, 0) is 73.5 Å². The van der Waals surface area contributed by atoms with Crippen molar-refractivity contribution in [1.82, 2.24) is 5.32 Å². The van der Waals surface area contributed by atoms with Crippen molar-refractivity contribution in [2.75, 3.05) is 18.1 Å². The van der Waals surface area contributed by atoms with Crippen LogP contribution in [0.5, 0.6) is 11.5 Å². The number of rotatable bonds is 8. The molecule has 2 aromatic carbocycles. The van der Waals surface area contributed by atoms with Crippen molar-refractivity contribution >= 4 is 29.4 Å². The molecule has 2 rings (SSSR count). The number of amides is 1. The number of aromatic hydroxyl groups is 2. The van der Waals surface area contributed by atoms with Crippen LogP contribution in [0.4, 0.5) is 0 Å². The number of phenolic OH excluding ortho intramolecular Hbond substituents is 2. The topological polar surface area (TPSA) is 69.6 Å². The largest absolute Gasteiger partial charge is 0.508 e. The fourth-order valence-corrected chi connectivity index (χ4v) is 3.90. The van der Waals surface area contributed by atoms with E-state index in [0.717, 1.165) is 33.1 Å². The maximum atomic E-state index is 11.9. The van der Waals surface area contributed by atoms with Crippen molar-refractivity contribution in [3.05, 3.63) is 47.5 Å². The monoisotopic (exact) mass is 377 g/mol. The zero-order valence-corrected chi connectivity index (χ0v) is 16.0. The van der Waals surface area contributed by atoms with Gasteiger partial charge in [-0.3, -0.25) is 4.79 Å². The van der Waals surface area contributed by atoms with Crippen LogP contribution < -0.4 is 5.32 Å². The summed E-state index contributed by atoms with van der Waals surface area (Å²) >= 11 is 3.18. The van der Waals surface area contributed by atoms with Gasteiger partial charge in [0.1, 0.15) is 11.5 Å². The van der Waals surface area contributed by atoms with Crippen LogP contribution in [-0.2, 0) is 4.79 Å². The van der Waals surface area contributed by atoms with Crippen LogP contribution in [-0.4, -0.2) is 34.2 Å². The minimum absolute atomic E-state index is 0.0150. The maximum absolute atomic E-state index is 11.9. The van der Waals surface area contributed by atoms with Crippen molar-refractivity contribution < 1.29 is 15.0 Å². The summed E-state index contributed by atoms with van der Waals surface area (Å²) in [6.45, 7) is 4.37. The molecule has 0 radical (unpaired) electrons. The highest BCUT2D eigenvalue weighted by atomic mass is 32.2. The van der Waals surface area contributed by atoms with E-state index in [9.17, 15) is 15.0 Å². The Morgan fingerprint density at radius 2 is 1.52 bits per heavy atom. The van der Waals surface area contributed by atoms with Crippen molar-refractivity contribution in [2.24, 2.45) is 0 Å². The van der Waals surface area contributed by atoms with Crippen LogP contribution in [0.25, 0.3) is 0 Å². The summed E-state index contributed by atoms with van der Waals surface area (Å²) in [5.41, 5.74) is 1.69. The number of carbonyl (C=O) groups is 1. The summed E-state index contributed by atoms with van der Waals surface area (Å²) in [6.07, 6.45) is 0.888. The lowest BCUT2D eigenvalue weighted by Gasteiger charge is -2.07. The molecular formula is C19H23NO3S2. The van der Waals surface area contributed by atoms with Gasteiger partial charge in [0.25, 0.3) is 0 Å². The first kappa shape index (κ1) is 19.5. The highest BCUT2D eigenvalue weighted by Gasteiger charge is 2.04. The molecule has 0 fully saturated rings. The molecule has 0 spiro atoms. The van der Waals surface area contributed by atoms with Gasteiger partial charge in [-0.1, -0.05) is 0 Å². The molecule has 3 N–H and O–H groups in total. The van der Waals surface area contributed by atoms with Gasteiger partial charge in [-0.15, -0.1) is 23.5 Å². The number of hydrogen-bond donors (Lipinski definition) is 3. The Morgan fingerprint density at radius 1 is 0.960 bits per heavy atom. The van der Waals surface area contributed by atoms with E-state index in [4.69, 9.17) is 0 Å². The SMILES string of the molecule is Cc1cc(SCCCNC(=O)CSc2ccc(O)c(C)c2)ccc1O. The molecule has 2 aromatic rings. The average molecular weight is 378 g/mol. The van der Waals surface area contributed by atoms with Crippen LogP contribution >= 0.6 is 23.5 Å². The number of aryl methyl sites for hydroxylation is 2. The molecule has 0 saturated carbocycles. The Morgan fingerprint density at radius 3 is 2.08 bits per heavy atom. The second-order valence-corrected chi connectivity index (χ2v) is 7.95. The van der Waals surface area contributed by atoms with Crippen molar-refractivity contribution in [3.63, 3.8) is 0 Å². The third kappa shape index (κ3) is 6.55. The molecule has 4 nitrogen and oxygen atoms in total.